The van der Waals surface area contributed by atoms with Crippen molar-refractivity contribution >= 4 is 5.97 Å². The number of carboxylic acids is 1. The molecule has 0 spiro atoms. The lowest BCUT2D eigenvalue weighted by molar-refractivity contribution is -0.140. The van der Waals surface area contributed by atoms with Crippen molar-refractivity contribution in [3.63, 3.8) is 0 Å². The molecule has 0 radical (unpaired) electrons. The van der Waals surface area contributed by atoms with Crippen LogP contribution in [0, 0.1) is 0 Å². The van der Waals surface area contributed by atoms with Gasteiger partial charge in [-0.15, -0.1) is 0 Å². The molecule has 1 aliphatic heterocycles. The quantitative estimate of drug-likeness (QED) is 0.706. The highest BCUT2D eigenvalue weighted by Gasteiger charge is 2.30. The van der Waals surface area contributed by atoms with Crippen molar-refractivity contribution in [2.45, 2.75) is 31.8 Å². The SMILES string of the molecule is CC[C@H]1Cc2ccc(O)cc2C(C(=O)O)N1. The first-order chi connectivity index (χ1) is 7.61. The zero-order chi connectivity index (χ0) is 11.7. The second-order valence-electron chi connectivity index (χ2n) is 4.13. The van der Waals surface area contributed by atoms with Crippen molar-refractivity contribution < 1.29 is 15.0 Å². The first kappa shape index (κ1) is 11.0. The van der Waals surface area contributed by atoms with Crippen LogP contribution in [0.2, 0.25) is 0 Å². The van der Waals surface area contributed by atoms with Crippen LogP contribution in [0.5, 0.6) is 5.75 Å². The van der Waals surface area contributed by atoms with E-state index in [2.05, 4.69) is 5.32 Å². The van der Waals surface area contributed by atoms with Gasteiger partial charge in [0.05, 0.1) is 0 Å². The third-order valence-corrected chi connectivity index (χ3v) is 3.05. The molecule has 2 atom stereocenters. The van der Waals surface area contributed by atoms with E-state index in [1.807, 2.05) is 13.0 Å². The third-order valence-electron chi connectivity index (χ3n) is 3.05. The van der Waals surface area contributed by atoms with Crippen LogP contribution in [0.3, 0.4) is 0 Å². The predicted octanol–water partition coefficient (Wildman–Crippen LogP) is 1.44. The van der Waals surface area contributed by atoms with Gasteiger partial charge in [-0.1, -0.05) is 13.0 Å². The molecule has 0 saturated carbocycles. The topological polar surface area (TPSA) is 69.6 Å². The maximum absolute atomic E-state index is 11.1. The van der Waals surface area contributed by atoms with Crippen molar-refractivity contribution in [2.75, 3.05) is 0 Å². The molecule has 4 nitrogen and oxygen atoms in total. The van der Waals surface area contributed by atoms with E-state index in [0.29, 0.717) is 5.56 Å². The Balaban J connectivity index is 2.42. The van der Waals surface area contributed by atoms with Gasteiger partial charge < -0.3 is 10.2 Å². The average molecular weight is 221 g/mol. The van der Waals surface area contributed by atoms with Crippen molar-refractivity contribution in [2.24, 2.45) is 0 Å². The van der Waals surface area contributed by atoms with E-state index in [0.717, 1.165) is 18.4 Å². The molecule has 1 aromatic rings. The van der Waals surface area contributed by atoms with Gasteiger partial charge in [-0.2, -0.15) is 0 Å². The number of rotatable bonds is 2. The van der Waals surface area contributed by atoms with E-state index in [1.165, 1.54) is 6.07 Å². The Labute approximate surface area is 93.9 Å². The first-order valence-electron chi connectivity index (χ1n) is 5.42. The lowest BCUT2D eigenvalue weighted by atomic mass is 9.89. The predicted molar refractivity (Wildman–Crippen MR) is 59.4 cm³/mol. The molecular formula is C12H15NO3. The van der Waals surface area contributed by atoms with E-state index in [4.69, 9.17) is 5.11 Å². The first-order valence-corrected chi connectivity index (χ1v) is 5.42. The Kier molecular flexibility index (Phi) is 2.83. The summed E-state index contributed by atoms with van der Waals surface area (Å²) in [4.78, 5) is 11.1. The summed E-state index contributed by atoms with van der Waals surface area (Å²) in [5.41, 5.74) is 1.69. The summed E-state index contributed by atoms with van der Waals surface area (Å²) >= 11 is 0. The Hall–Kier alpha value is -1.55. The summed E-state index contributed by atoms with van der Waals surface area (Å²) in [6.45, 7) is 2.03. The number of hydrogen-bond donors (Lipinski definition) is 3. The molecule has 0 amide bonds. The molecule has 4 heteroatoms. The molecular weight excluding hydrogens is 206 g/mol. The number of carbonyl (C=O) groups is 1. The summed E-state index contributed by atoms with van der Waals surface area (Å²) in [5, 5.41) is 21.6. The molecule has 16 heavy (non-hydrogen) atoms. The fourth-order valence-electron chi connectivity index (χ4n) is 2.15. The fourth-order valence-corrected chi connectivity index (χ4v) is 2.15. The number of phenols is 1. The number of fused-ring (bicyclic) bond motifs is 1. The number of carboxylic acid groups (broad SMARTS) is 1. The highest BCUT2D eigenvalue weighted by Crippen LogP contribution is 2.29. The summed E-state index contributed by atoms with van der Waals surface area (Å²) in [6, 6.07) is 4.44. The van der Waals surface area contributed by atoms with Crippen LogP contribution in [-0.4, -0.2) is 22.2 Å². The summed E-state index contributed by atoms with van der Waals surface area (Å²) in [5.74, 6) is -0.785. The summed E-state index contributed by atoms with van der Waals surface area (Å²) < 4.78 is 0. The third kappa shape index (κ3) is 1.88. The molecule has 0 aliphatic carbocycles. The number of hydrogen-bond acceptors (Lipinski definition) is 3. The van der Waals surface area contributed by atoms with Gasteiger partial charge in [0.1, 0.15) is 11.8 Å². The highest BCUT2D eigenvalue weighted by atomic mass is 16.4. The van der Waals surface area contributed by atoms with Gasteiger partial charge in [0.15, 0.2) is 0 Å². The molecule has 2 rings (SSSR count). The smallest absolute Gasteiger partial charge is 0.325 e. The molecule has 0 fully saturated rings. The minimum atomic E-state index is -0.898. The van der Waals surface area contributed by atoms with Gasteiger partial charge in [-0.3, -0.25) is 10.1 Å². The largest absolute Gasteiger partial charge is 0.508 e. The summed E-state index contributed by atoms with van der Waals surface area (Å²) in [6.07, 6.45) is 1.71. The molecule has 0 aromatic heterocycles. The lowest BCUT2D eigenvalue weighted by Crippen LogP contribution is -2.42. The van der Waals surface area contributed by atoms with Crippen LogP contribution in [0.4, 0.5) is 0 Å². The van der Waals surface area contributed by atoms with Gasteiger partial charge >= 0.3 is 5.97 Å². The Morgan fingerprint density at radius 1 is 1.56 bits per heavy atom. The number of nitrogens with one attached hydrogen (secondary N) is 1. The molecule has 1 aliphatic rings. The zero-order valence-electron chi connectivity index (χ0n) is 9.10. The van der Waals surface area contributed by atoms with Crippen LogP contribution < -0.4 is 5.32 Å². The minimum Gasteiger partial charge on any atom is -0.508 e. The number of aromatic hydroxyl groups is 1. The lowest BCUT2D eigenvalue weighted by Gasteiger charge is -2.30. The van der Waals surface area contributed by atoms with Gasteiger partial charge in [0.2, 0.25) is 0 Å². The van der Waals surface area contributed by atoms with Crippen molar-refractivity contribution in [1.82, 2.24) is 5.32 Å². The van der Waals surface area contributed by atoms with Crippen LogP contribution >= 0.6 is 0 Å². The zero-order valence-corrected chi connectivity index (χ0v) is 9.10. The van der Waals surface area contributed by atoms with Crippen molar-refractivity contribution in [3.05, 3.63) is 29.3 Å². The molecule has 0 bridgehead atoms. The van der Waals surface area contributed by atoms with Crippen LogP contribution in [0.15, 0.2) is 18.2 Å². The van der Waals surface area contributed by atoms with Crippen molar-refractivity contribution in [1.29, 1.82) is 0 Å². The molecule has 1 aromatic carbocycles. The molecule has 3 N–H and O–H groups in total. The highest BCUT2D eigenvalue weighted by molar-refractivity contribution is 5.77. The van der Waals surface area contributed by atoms with Crippen molar-refractivity contribution in [3.8, 4) is 5.75 Å². The maximum Gasteiger partial charge on any atom is 0.325 e. The maximum atomic E-state index is 11.1. The normalized spacial score (nSPS) is 23.8. The van der Waals surface area contributed by atoms with E-state index in [-0.39, 0.29) is 11.8 Å². The van der Waals surface area contributed by atoms with Crippen LogP contribution in [0.1, 0.15) is 30.5 Å². The second-order valence-corrected chi connectivity index (χ2v) is 4.13. The van der Waals surface area contributed by atoms with Gasteiger partial charge in [-0.25, -0.2) is 0 Å². The number of benzene rings is 1. The van der Waals surface area contributed by atoms with Crippen LogP contribution in [0.25, 0.3) is 0 Å². The standard InChI is InChI=1S/C12H15NO3/c1-2-8-5-7-3-4-9(14)6-10(7)11(13-8)12(15)16/h3-4,6,8,11,13-14H,2,5H2,1H3,(H,15,16)/t8-,11?/m0/s1. The molecule has 0 saturated heterocycles. The van der Waals surface area contributed by atoms with E-state index in [1.54, 1.807) is 6.07 Å². The Morgan fingerprint density at radius 3 is 2.94 bits per heavy atom. The molecule has 1 unspecified atom stereocenters. The fraction of sp³-hybridized carbons (Fsp3) is 0.417. The van der Waals surface area contributed by atoms with Gasteiger partial charge in [0.25, 0.3) is 0 Å². The van der Waals surface area contributed by atoms with Crippen LogP contribution in [-0.2, 0) is 11.2 Å². The van der Waals surface area contributed by atoms with E-state index in [9.17, 15) is 9.90 Å². The second kappa shape index (κ2) is 4.14. The minimum absolute atomic E-state index is 0.113. The van der Waals surface area contributed by atoms with Gasteiger partial charge in [0, 0.05) is 6.04 Å². The molecule has 86 valence electrons. The van der Waals surface area contributed by atoms with E-state index < -0.39 is 12.0 Å². The monoisotopic (exact) mass is 221 g/mol. The van der Waals surface area contributed by atoms with E-state index >= 15 is 0 Å². The average Bonchev–Trinajstić information content (AvgIpc) is 2.27. The molecule has 1 heterocycles. The summed E-state index contributed by atoms with van der Waals surface area (Å²) in [7, 11) is 0. The number of aliphatic carboxylic acids is 1. The Bertz CT molecular complexity index is 417. The number of phenolic OH excluding ortho intramolecular Hbond substituents is 1. The van der Waals surface area contributed by atoms with Gasteiger partial charge in [-0.05, 0) is 36.1 Å². The Morgan fingerprint density at radius 2 is 2.31 bits per heavy atom.